The molecule has 1 aliphatic carbocycles. The molecule has 0 saturated heterocycles. The molecule has 0 radical (unpaired) electrons. The van der Waals surface area contributed by atoms with Gasteiger partial charge in [0.15, 0.2) is 0 Å². The lowest BCUT2D eigenvalue weighted by Gasteiger charge is -2.34. The number of para-hydroxylation sites is 2. The van der Waals surface area contributed by atoms with Crippen LogP contribution in [0.15, 0.2) is 77.7 Å². The van der Waals surface area contributed by atoms with E-state index in [1.165, 1.54) is 17.0 Å². The summed E-state index contributed by atoms with van der Waals surface area (Å²) in [5.74, 6) is 0.206. The minimum Gasteiger partial charge on any atom is -0.497 e. The van der Waals surface area contributed by atoms with Crippen molar-refractivity contribution in [3.8, 4) is 11.5 Å². The van der Waals surface area contributed by atoms with Gasteiger partial charge in [0.05, 0.1) is 24.3 Å². The van der Waals surface area contributed by atoms with E-state index >= 15 is 0 Å². The lowest BCUT2D eigenvalue weighted by Crippen LogP contribution is -2.53. The Bertz CT molecular complexity index is 1520. The Morgan fingerprint density at radius 3 is 2.34 bits per heavy atom. The van der Waals surface area contributed by atoms with Crippen molar-refractivity contribution in [2.24, 2.45) is 0 Å². The topological polar surface area (TPSA) is 105 Å². The number of carbonyl (C=O) groups excluding carboxylic acids is 2. The molecule has 10 heteroatoms. The maximum absolute atomic E-state index is 14.4. The number of amides is 2. The van der Waals surface area contributed by atoms with Gasteiger partial charge in [0.1, 0.15) is 24.1 Å². The molecule has 1 fully saturated rings. The van der Waals surface area contributed by atoms with Crippen molar-refractivity contribution in [3.63, 3.8) is 0 Å². The lowest BCUT2D eigenvalue weighted by atomic mass is 10.1. The summed E-state index contributed by atoms with van der Waals surface area (Å²) in [7, 11) is -2.64. The molecular weight excluding hydrogens is 578 g/mol. The van der Waals surface area contributed by atoms with Gasteiger partial charge in [-0.2, -0.15) is 0 Å². The van der Waals surface area contributed by atoms with E-state index < -0.39 is 28.5 Å². The number of methoxy groups -OCH3 is 1. The molecule has 1 aliphatic rings. The Hall–Kier alpha value is -4.05. The maximum Gasteiger partial charge on any atom is 0.264 e. The number of hydrogen-bond acceptors (Lipinski definition) is 6. The van der Waals surface area contributed by atoms with Crippen LogP contribution < -0.4 is 19.1 Å². The summed E-state index contributed by atoms with van der Waals surface area (Å²) >= 11 is 0. The Kier molecular flexibility index (Phi) is 11.3. The minimum atomic E-state index is -4.21. The van der Waals surface area contributed by atoms with Gasteiger partial charge in [-0.05, 0) is 75.1 Å². The molecule has 0 aliphatic heterocycles. The average Bonchev–Trinajstić information content (AvgIpc) is 3.53. The van der Waals surface area contributed by atoms with Crippen molar-refractivity contribution in [2.75, 3.05) is 24.6 Å². The molecule has 0 aromatic heterocycles. The van der Waals surface area contributed by atoms with Crippen molar-refractivity contribution in [3.05, 3.63) is 83.9 Å². The number of anilines is 1. The third kappa shape index (κ3) is 7.91. The van der Waals surface area contributed by atoms with Crippen LogP contribution in [0.3, 0.4) is 0 Å². The van der Waals surface area contributed by atoms with E-state index in [2.05, 4.69) is 5.32 Å². The highest BCUT2D eigenvalue weighted by molar-refractivity contribution is 7.92. The van der Waals surface area contributed by atoms with E-state index in [9.17, 15) is 18.0 Å². The first-order chi connectivity index (χ1) is 21.2. The van der Waals surface area contributed by atoms with Gasteiger partial charge >= 0.3 is 0 Å². The number of aryl methyl sites for hydroxylation is 1. The summed E-state index contributed by atoms with van der Waals surface area (Å²) in [5, 5.41) is 3.14. The highest BCUT2D eigenvalue weighted by atomic mass is 32.2. The molecule has 9 nitrogen and oxygen atoms in total. The van der Waals surface area contributed by atoms with Gasteiger partial charge in [0.25, 0.3) is 10.0 Å². The van der Waals surface area contributed by atoms with Crippen molar-refractivity contribution in [2.45, 2.75) is 76.4 Å². The molecule has 4 rings (SSSR count). The normalized spacial score (nSPS) is 14.1. The van der Waals surface area contributed by atoms with Gasteiger partial charge in [0, 0.05) is 12.6 Å². The summed E-state index contributed by atoms with van der Waals surface area (Å²) in [4.78, 5) is 29.6. The van der Waals surface area contributed by atoms with Crippen LogP contribution in [-0.4, -0.2) is 57.5 Å². The summed E-state index contributed by atoms with van der Waals surface area (Å²) < 4.78 is 40.7. The van der Waals surface area contributed by atoms with E-state index in [1.807, 2.05) is 39.0 Å². The van der Waals surface area contributed by atoms with Gasteiger partial charge in [-0.3, -0.25) is 13.9 Å². The molecule has 1 unspecified atom stereocenters. The first-order valence-electron chi connectivity index (χ1n) is 15.2. The predicted octanol–water partition coefficient (Wildman–Crippen LogP) is 5.46. The van der Waals surface area contributed by atoms with Crippen molar-refractivity contribution < 1.29 is 27.5 Å². The highest BCUT2D eigenvalue weighted by Crippen LogP contribution is 2.33. The van der Waals surface area contributed by atoms with E-state index in [0.29, 0.717) is 24.5 Å². The number of rotatable bonds is 14. The fraction of sp³-hybridized carbons (Fsp3) is 0.412. The molecule has 3 aromatic carbocycles. The minimum absolute atomic E-state index is 0.0487. The number of ether oxygens (including phenoxy) is 2. The van der Waals surface area contributed by atoms with E-state index in [0.717, 1.165) is 41.1 Å². The van der Waals surface area contributed by atoms with Crippen LogP contribution in [0, 0.1) is 6.92 Å². The lowest BCUT2D eigenvalue weighted by molar-refractivity contribution is -0.140. The van der Waals surface area contributed by atoms with Gasteiger partial charge in [-0.1, -0.05) is 61.7 Å². The third-order valence-electron chi connectivity index (χ3n) is 7.90. The summed E-state index contributed by atoms with van der Waals surface area (Å²) in [6.45, 7) is 5.42. The Morgan fingerprint density at radius 2 is 1.68 bits per heavy atom. The van der Waals surface area contributed by atoms with Crippen LogP contribution in [0.1, 0.15) is 57.1 Å². The highest BCUT2D eigenvalue weighted by Gasteiger charge is 2.35. The molecule has 236 valence electrons. The van der Waals surface area contributed by atoms with Gasteiger partial charge < -0.3 is 19.7 Å². The standard InChI is InChI=1S/C34H43N3O6S/c1-5-30(34(39)35-27-13-7-8-14-27)36(23-26-12-11-15-28(22-26)42-4)33(38)24-37(31-16-9-10-17-32(31)43-6-2)44(40,41)29-20-18-25(3)19-21-29/h9-12,15-22,27,30H,5-8,13-14,23-24H2,1-4H3,(H,35,39). The largest absolute Gasteiger partial charge is 0.497 e. The van der Waals surface area contributed by atoms with Gasteiger partial charge in [0.2, 0.25) is 11.8 Å². The zero-order valence-corrected chi connectivity index (χ0v) is 26.8. The number of nitrogens with one attached hydrogen (secondary N) is 1. The monoisotopic (exact) mass is 621 g/mol. The average molecular weight is 622 g/mol. The Morgan fingerprint density at radius 1 is 0.977 bits per heavy atom. The fourth-order valence-corrected chi connectivity index (χ4v) is 6.97. The first kappa shape index (κ1) is 32.9. The molecule has 2 amide bonds. The van der Waals surface area contributed by atoms with E-state index in [1.54, 1.807) is 49.6 Å². The first-order valence-corrected chi connectivity index (χ1v) is 16.7. The third-order valence-corrected chi connectivity index (χ3v) is 9.67. The quantitative estimate of drug-likeness (QED) is 0.256. The van der Waals surface area contributed by atoms with Crippen LogP contribution in [0.2, 0.25) is 0 Å². The molecule has 0 spiro atoms. The fourth-order valence-electron chi connectivity index (χ4n) is 5.55. The molecule has 3 aromatic rings. The molecule has 0 bridgehead atoms. The van der Waals surface area contributed by atoms with Crippen LogP contribution in [-0.2, 0) is 26.2 Å². The molecule has 1 saturated carbocycles. The van der Waals surface area contributed by atoms with Crippen LogP contribution in [0.25, 0.3) is 0 Å². The zero-order chi connectivity index (χ0) is 31.7. The van der Waals surface area contributed by atoms with Crippen LogP contribution in [0.4, 0.5) is 5.69 Å². The number of nitrogens with zero attached hydrogens (tertiary/aromatic N) is 2. The smallest absolute Gasteiger partial charge is 0.264 e. The zero-order valence-electron chi connectivity index (χ0n) is 26.0. The molecule has 1 N–H and O–H groups in total. The number of hydrogen-bond donors (Lipinski definition) is 1. The van der Waals surface area contributed by atoms with Crippen molar-refractivity contribution in [1.82, 2.24) is 10.2 Å². The Labute approximate surface area is 261 Å². The number of sulfonamides is 1. The molecule has 0 heterocycles. The van der Waals surface area contributed by atoms with Crippen molar-refractivity contribution in [1.29, 1.82) is 0 Å². The number of benzene rings is 3. The second-order valence-corrected chi connectivity index (χ2v) is 12.9. The van der Waals surface area contributed by atoms with Crippen LogP contribution in [0.5, 0.6) is 11.5 Å². The molecule has 1 atom stereocenters. The van der Waals surface area contributed by atoms with E-state index in [-0.39, 0.29) is 29.1 Å². The second-order valence-electron chi connectivity index (χ2n) is 11.0. The summed E-state index contributed by atoms with van der Waals surface area (Å²) in [5.41, 5.74) is 1.91. The van der Waals surface area contributed by atoms with Crippen LogP contribution >= 0.6 is 0 Å². The van der Waals surface area contributed by atoms with E-state index in [4.69, 9.17) is 9.47 Å². The summed E-state index contributed by atoms with van der Waals surface area (Å²) in [6, 6.07) is 19.8. The Balaban J connectivity index is 1.76. The SMILES string of the molecule is CCOc1ccccc1N(CC(=O)N(Cc1cccc(OC)c1)C(CC)C(=O)NC1CCCC1)S(=O)(=O)c1ccc(C)cc1. The van der Waals surface area contributed by atoms with Gasteiger partial charge in [-0.15, -0.1) is 0 Å². The maximum atomic E-state index is 14.4. The second kappa shape index (κ2) is 15.1. The molecular formula is C34H43N3O6S. The number of carbonyl (C=O) groups is 2. The predicted molar refractivity (Wildman–Crippen MR) is 171 cm³/mol. The summed E-state index contributed by atoms with van der Waals surface area (Å²) in [6.07, 6.45) is 4.28. The molecule has 44 heavy (non-hydrogen) atoms. The van der Waals surface area contributed by atoms with Crippen molar-refractivity contribution >= 4 is 27.5 Å². The van der Waals surface area contributed by atoms with Gasteiger partial charge in [-0.25, -0.2) is 8.42 Å².